The van der Waals surface area contributed by atoms with Gasteiger partial charge in [0.2, 0.25) is 5.89 Å². The van der Waals surface area contributed by atoms with Crippen LogP contribution in [0.3, 0.4) is 0 Å². The Morgan fingerprint density at radius 3 is 2.46 bits per heavy atom. The van der Waals surface area contributed by atoms with Crippen LogP contribution in [-0.4, -0.2) is 26.3 Å². The van der Waals surface area contributed by atoms with Crippen LogP contribution in [0.5, 0.6) is 5.75 Å². The highest BCUT2D eigenvalue weighted by Gasteiger charge is 2.16. The van der Waals surface area contributed by atoms with Gasteiger partial charge in [-0.3, -0.25) is 9.36 Å². The highest BCUT2D eigenvalue weighted by atomic mass is 32.2. The fraction of sp³-hybridized carbons (Fsp3) is 0.120. The van der Waals surface area contributed by atoms with Gasteiger partial charge in [0, 0.05) is 6.42 Å². The summed E-state index contributed by atoms with van der Waals surface area (Å²) < 4.78 is 36.3. The molecule has 5 rings (SSSR count). The monoisotopic (exact) mass is 492 g/mol. The third kappa shape index (κ3) is 5.22. The Kier molecular flexibility index (Phi) is 6.53. The smallest absolute Gasteiger partial charge is 0.387 e. The molecule has 10 heteroatoms. The number of benzene rings is 3. The second kappa shape index (κ2) is 10.1. The minimum atomic E-state index is -2.93. The van der Waals surface area contributed by atoms with Crippen LogP contribution in [0.1, 0.15) is 17.3 Å². The summed E-state index contributed by atoms with van der Waals surface area (Å²) in [6, 6.07) is 22.6. The molecule has 0 N–H and O–H groups in total. The predicted molar refractivity (Wildman–Crippen MR) is 127 cm³/mol. The number of alkyl halides is 2. The van der Waals surface area contributed by atoms with Gasteiger partial charge in [0.15, 0.2) is 11.0 Å². The van der Waals surface area contributed by atoms with Crippen molar-refractivity contribution in [1.29, 1.82) is 0 Å². The number of nitrogens with zero attached hydrogens (tertiary/aromatic N) is 4. The van der Waals surface area contributed by atoms with Crippen LogP contribution in [0.4, 0.5) is 8.78 Å². The highest BCUT2D eigenvalue weighted by molar-refractivity contribution is 7.98. The van der Waals surface area contributed by atoms with Crippen molar-refractivity contribution in [3.63, 3.8) is 0 Å². The molecule has 0 spiro atoms. The second-order valence-corrected chi connectivity index (χ2v) is 8.42. The third-order valence-corrected chi connectivity index (χ3v) is 6.03. The number of thioether (sulfide) groups is 1. The van der Waals surface area contributed by atoms with Crippen molar-refractivity contribution >= 4 is 22.7 Å². The minimum Gasteiger partial charge on any atom is -0.435 e. The van der Waals surface area contributed by atoms with Gasteiger partial charge < -0.3 is 9.26 Å². The first-order valence-corrected chi connectivity index (χ1v) is 11.6. The van der Waals surface area contributed by atoms with E-state index in [0.29, 0.717) is 45.6 Å². The molecule has 2 heterocycles. The van der Waals surface area contributed by atoms with Crippen molar-refractivity contribution in [1.82, 2.24) is 19.7 Å². The average molecular weight is 493 g/mol. The molecule has 5 aromatic rings. The van der Waals surface area contributed by atoms with Crippen LogP contribution in [0.2, 0.25) is 0 Å². The molecule has 0 radical (unpaired) electrons. The summed E-state index contributed by atoms with van der Waals surface area (Å²) in [5, 5.41) is 4.88. The molecule has 3 aromatic carbocycles. The quantitative estimate of drug-likeness (QED) is 0.216. The number of hydrogen-bond acceptors (Lipinski definition) is 7. The van der Waals surface area contributed by atoms with Gasteiger partial charge in [-0.25, -0.2) is 4.98 Å². The molecule has 0 saturated heterocycles. The van der Waals surface area contributed by atoms with E-state index in [9.17, 15) is 13.6 Å². The number of para-hydroxylation sites is 1. The lowest BCUT2D eigenvalue weighted by Gasteiger charge is -2.13. The summed E-state index contributed by atoms with van der Waals surface area (Å²) in [5.74, 6) is 1.25. The number of hydrogen-bond donors (Lipinski definition) is 0. The largest absolute Gasteiger partial charge is 0.435 e. The fourth-order valence-corrected chi connectivity index (χ4v) is 4.39. The molecule has 0 amide bonds. The number of fused-ring (bicyclic) bond motifs is 1. The molecule has 7 nitrogen and oxygen atoms in total. The summed E-state index contributed by atoms with van der Waals surface area (Å²) in [7, 11) is 0. The minimum absolute atomic E-state index is 0.00319. The molecule has 0 saturated carbocycles. The van der Waals surface area contributed by atoms with Crippen LogP contribution < -0.4 is 10.3 Å². The molecule has 0 bridgehead atoms. The van der Waals surface area contributed by atoms with Gasteiger partial charge in [-0.15, -0.1) is 0 Å². The SMILES string of the molecule is O=c1c2ccccc2nc(SCc2nc(Cc3ccccc3)no2)n1-c1ccc(OC(F)F)cc1. The summed E-state index contributed by atoms with van der Waals surface area (Å²) in [5.41, 5.74) is 1.80. The normalized spacial score (nSPS) is 11.3. The third-order valence-electron chi connectivity index (χ3n) is 5.10. The molecule has 35 heavy (non-hydrogen) atoms. The van der Waals surface area contributed by atoms with Crippen molar-refractivity contribution in [3.05, 3.63) is 106 Å². The maximum atomic E-state index is 13.3. The maximum absolute atomic E-state index is 13.3. The van der Waals surface area contributed by atoms with Gasteiger partial charge in [-0.05, 0) is 42.0 Å². The maximum Gasteiger partial charge on any atom is 0.387 e. The van der Waals surface area contributed by atoms with Crippen molar-refractivity contribution in [3.8, 4) is 11.4 Å². The predicted octanol–water partition coefficient (Wildman–Crippen LogP) is 5.25. The molecule has 0 aliphatic carbocycles. The van der Waals surface area contributed by atoms with Gasteiger partial charge in [0.1, 0.15) is 5.75 Å². The molecule has 176 valence electrons. The van der Waals surface area contributed by atoms with E-state index < -0.39 is 6.61 Å². The van der Waals surface area contributed by atoms with Crippen LogP contribution in [0, 0.1) is 0 Å². The van der Waals surface area contributed by atoms with Gasteiger partial charge in [-0.1, -0.05) is 59.4 Å². The second-order valence-electron chi connectivity index (χ2n) is 7.48. The zero-order chi connectivity index (χ0) is 24.2. The van der Waals surface area contributed by atoms with Crippen LogP contribution in [0.15, 0.2) is 93.3 Å². The summed E-state index contributed by atoms with van der Waals surface area (Å²) in [6.07, 6.45) is 0.543. The van der Waals surface area contributed by atoms with Gasteiger partial charge in [0.05, 0.1) is 22.3 Å². The first-order chi connectivity index (χ1) is 17.1. The number of halogens is 2. The van der Waals surface area contributed by atoms with Crippen LogP contribution in [-0.2, 0) is 12.2 Å². The standard InChI is InChI=1S/C25H18F2N4O3S/c26-24(27)33-18-12-10-17(11-13-18)31-23(32)19-8-4-5-9-20(19)28-25(31)35-15-22-29-21(30-34-22)14-16-6-2-1-3-7-16/h1-13,24H,14-15H2. The van der Waals surface area contributed by atoms with E-state index in [1.54, 1.807) is 24.3 Å². The molecule has 0 aliphatic heterocycles. The first-order valence-electron chi connectivity index (χ1n) is 10.6. The van der Waals surface area contributed by atoms with Crippen molar-refractivity contribution in [2.24, 2.45) is 0 Å². The lowest BCUT2D eigenvalue weighted by atomic mass is 10.1. The van der Waals surface area contributed by atoms with E-state index >= 15 is 0 Å². The fourth-order valence-electron chi connectivity index (χ4n) is 3.54. The summed E-state index contributed by atoms with van der Waals surface area (Å²) in [4.78, 5) is 22.4. The Balaban J connectivity index is 1.44. The lowest BCUT2D eigenvalue weighted by Crippen LogP contribution is -2.21. The van der Waals surface area contributed by atoms with E-state index in [2.05, 4.69) is 19.9 Å². The highest BCUT2D eigenvalue weighted by Crippen LogP contribution is 2.25. The zero-order valence-electron chi connectivity index (χ0n) is 18.2. The molecule has 0 atom stereocenters. The van der Waals surface area contributed by atoms with Crippen molar-refractivity contribution in [2.75, 3.05) is 0 Å². The molecular formula is C25H18F2N4O3S. The first kappa shape index (κ1) is 22.7. The van der Waals surface area contributed by atoms with Gasteiger partial charge in [-0.2, -0.15) is 13.8 Å². The van der Waals surface area contributed by atoms with E-state index in [0.717, 1.165) is 5.56 Å². The van der Waals surface area contributed by atoms with E-state index in [1.807, 2.05) is 30.3 Å². The molecule has 2 aromatic heterocycles. The van der Waals surface area contributed by atoms with Gasteiger partial charge >= 0.3 is 6.61 Å². The zero-order valence-corrected chi connectivity index (χ0v) is 19.0. The van der Waals surface area contributed by atoms with Crippen LogP contribution in [0.25, 0.3) is 16.6 Å². The number of rotatable bonds is 8. The van der Waals surface area contributed by atoms with Crippen LogP contribution >= 0.6 is 11.8 Å². The van der Waals surface area contributed by atoms with E-state index in [4.69, 9.17) is 4.52 Å². The topological polar surface area (TPSA) is 83.0 Å². The summed E-state index contributed by atoms with van der Waals surface area (Å²) in [6.45, 7) is -2.93. The Hall–Kier alpha value is -4.05. The Morgan fingerprint density at radius 1 is 0.943 bits per heavy atom. The molecule has 0 fully saturated rings. The Bertz CT molecular complexity index is 1510. The average Bonchev–Trinajstić information content (AvgIpc) is 3.31. The van der Waals surface area contributed by atoms with Crippen molar-refractivity contribution in [2.45, 2.75) is 23.9 Å². The van der Waals surface area contributed by atoms with Gasteiger partial charge in [0.25, 0.3) is 5.56 Å². The molecule has 0 unspecified atom stereocenters. The Morgan fingerprint density at radius 2 is 1.69 bits per heavy atom. The lowest BCUT2D eigenvalue weighted by molar-refractivity contribution is -0.0498. The molecular weight excluding hydrogens is 474 g/mol. The van der Waals surface area contributed by atoms with Crippen molar-refractivity contribution < 1.29 is 18.0 Å². The number of aromatic nitrogens is 4. The molecule has 0 aliphatic rings. The number of ether oxygens (including phenoxy) is 1. The Labute approximate surface area is 202 Å². The summed E-state index contributed by atoms with van der Waals surface area (Å²) >= 11 is 1.26. The van der Waals surface area contributed by atoms with E-state index in [1.165, 1.54) is 40.6 Å². The van der Waals surface area contributed by atoms with E-state index in [-0.39, 0.29) is 11.3 Å².